The van der Waals surface area contributed by atoms with Crippen molar-refractivity contribution in [3.8, 4) is 73.6 Å². The molecular formula is C88H56BBr2F11O12. The highest BCUT2D eigenvalue weighted by molar-refractivity contribution is 9.10. The minimum Gasteiger partial charge on any atom is -0.508 e. The summed E-state index contributed by atoms with van der Waals surface area (Å²) in [6.45, 7) is 0. The zero-order valence-corrected chi connectivity index (χ0v) is 61.7. The van der Waals surface area contributed by atoms with Crippen LogP contribution in [0.4, 0.5) is 48.3 Å². The third-order valence-corrected chi connectivity index (χ3v) is 16.8. The maximum Gasteiger partial charge on any atom is 0.488 e. The van der Waals surface area contributed by atoms with Crippen LogP contribution >= 0.6 is 31.9 Å². The summed E-state index contributed by atoms with van der Waals surface area (Å²) < 4.78 is 167. The first-order valence-electron chi connectivity index (χ1n) is 33.3. The second kappa shape index (κ2) is 41.1. The molecule has 0 unspecified atom stereocenters. The second-order valence-electron chi connectivity index (χ2n) is 23.5. The van der Waals surface area contributed by atoms with E-state index in [0.717, 1.165) is 89.0 Å². The van der Waals surface area contributed by atoms with Gasteiger partial charge in [0.25, 0.3) is 0 Å². The number of fused-ring (bicyclic) bond motifs is 3. The Balaban J connectivity index is 0.000000157. The van der Waals surface area contributed by atoms with Crippen molar-refractivity contribution in [2.75, 3.05) is 0 Å². The van der Waals surface area contributed by atoms with Gasteiger partial charge in [0.05, 0.1) is 31.0 Å². The van der Waals surface area contributed by atoms with Crippen LogP contribution in [0.2, 0.25) is 0 Å². The fourth-order valence-electron chi connectivity index (χ4n) is 10.6. The monoisotopic (exact) mass is 1680 g/mol. The summed E-state index contributed by atoms with van der Waals surface area (Å²) in [4.78, 5) is 43.8. The second-order valence-corrected chi connectivity index (χ2v) is 25.3. The summed E-state index contributed by atoms with van der Waals surface area (Å²) in [5.74, 6) is -9.09. The van der Waals surface area contributed by atoms with E-state index in [9.17, 15) is 72.6 Å². The molecule has 0 aliphatic heterocycles. The van der Waals surface area contributed by atoms with Gasteiger partial charge in [-0.25, -0.2) is 53.1 Å². The number of phenols is 1. The molecule has 0 atom stereocenters. The summed E-state index contributed by atoms with van der Waals surface area (Å²) in [6, 6.07) is 74.3. The molecule has 0 fully saturated rings. The maximum absolute atomic E-state index is 14.0. The van der Waals surface area contributed by atoms with Gasteiger partial charge in [0.15, 0.2) is 24.6 Å². The van der Waals surface area contributed by atoms with Gasteiger partial charge in [0.1, 0.15) is 115 Å². The van der Waals surface area contributed by atoms with Crippen LogP contribution in [0.1, 0.15) is 41.4 Å². The number of furan rings is 1. The normalized spacial score (nSPS) is 10.3. The number of rotatable bonds is 14. The van der Waals surface area contributed by atoms with E-state index in [2.05, 4.69) is 31.9 Å². The van der Waals surface area contributed by atoms with Gasteiger partial charge in [-0.1, -0.05) is 176 Å². The minimum absolute atomic E-state index is 0.00557. The molecule has 0 spiro atoms. The number of halogens is 13. The van der Waals surface area contributed by atoms with E-state index in [1.165, 1.54) is 18.2 Å². The average Bonchev–Trinajstić information content (AvgIpc) is 1.55. The molecule has 1 heterocycles. The molecule has 0 saturated heterocycles. The van der Waals surface area contributed by atoms with Crippen molar-refractivity contribution in [1.29, 1.82) is 0 Å². The van der Waals surface area contributed by atoms with Crippen LogP contribution in [0.25, 0.3) is 55.3 Å². The Hall–Kier alpha value is -13.3. The lowest BCUT2D eigenvalue weighted by atomic mass is 9.81. The number of carbonyl (C=O) groups excluding carboxylic acids is 3. The van der Waals surface area contributed by atoms with Gasteiger partial charge < -0.3 is 38.9 Å². The quantitative estimate of drug-likeness (QED) is 0.0459. The number of aromatic hydroxyl groups is 1. The number of carbonyl (C=O) groups is 4. The van der Waals surface area contributed by atoms with Gasteiger partial charge in [-0.15, -0.1) is 0 Å². The average molecular weight is 1690 g/mol. The topological polar surface area (TPSA) is 190 Å². The van der Waals surface area contributed by atoms with E-state index in [0.29, 0.717) is 78.4 Å². The first kappa shape index (κ1) is 84.7. The van der Waals surface area contributed by atoms with Gasteiger partial charge in [-0.2, -0.15) is 0 Å². The number of phenolic OH excluding ortho intramolecular Hbond substituents is 1. The number of hydrogen-bond donors (Lipinski definition) is 4. The van der Waals surface area contributed by atoms with E-state index >= 15 is 0 Å². The van der Waals surface area contributed by atoms with Crippen molar-refractivity contribution in [3.63, 3.8) is 0 Å². The third-order valence-electron chi connectivity index (χ3n) is 15.5. The van der Waals surface area contributed by atoms with Gasteiger partial charge in [0.2, 0.25) is 0 Å². The predicted molar refractivity (Wildman–Crippen MR) is 418 cm³/mol. The van der Waals surface area contributed by atoms with E-state index in [1.807, 2.05) is 84.9 Å². The summed E-state index contributed by atoms with van der Waals surface area (Å²) in [5.41, 5.74) is 6.48. The maximum atomic E-state index is 14.0. The number of carboxylic acids is 1. The molecule has 4 N–H and O–H groups in total. The first-order chi connectivity index (χ1) is 54.8. The molecule has 15 rings (SSSR count). The lowest BCUT2D eigenvalue weighted by Crippen LogP contribution is -2.29. The summed E-state index contributed by atoms with van der Waals surface area (Å²) in [6.07, 6.45) is 1.74. The lowest BCUT2D eigenvalue weighted by molar-refractivity contribution is 0.0693. The van der Waals surface area contributed by atoms with Crippen molar-refractivity contribution in [2.45, 2.75) is 0 Å². The molecule has 0 bridgehead atoms. The zero-order chi connectivity index (χ0) is 82.0. The predicted octanol–water partition coefficient (Wildman–Crippen LogP) is 23.7. The smallest absolute Gasteiger partial charge is 0.488 e. The minimum atomic E-state index is -1.34. The Kier molecular flexibility index (Phi) is 30.6. The van der Waals surface area contributed by atoms with Crippen molar-refractivity contribution < 1.29 is 106 Å². The molecule has 12 nitrogen and oxygen atoms in total. The van der Waals surface area contributed by atoms with Gasteiger partial charge in [-0.05, 0) is 90.4 Å². The highest BCUT2D eigenvalue weighted by atomic mass is 79.9. The molecule has 114 heavy (non-hydrogen) atoms. The molecule has 14 aromatic carbocycles. The Morgan fingerprint density at radius 3 is 1.16 bits per heavy atom. The molecule has 15 aromatic rings. The number of aldehydes is 3. The largest absolute Gasteiger partial charge is 0.508 e. The molecule has 0 aliphatic rings. The van der Waals surface area contributed by atoms with E-state index in [4.69, 9.17) is 33.8 Å². The van der Waals surface area contributed by atoms with Crippen LogP contribution in [0.15, 0.2) is 311 Å². The molecular weight excluding hydrogens is 1630 g/mol. The zero-order valence-electron chi connectivity index (χ0n) is 58.6. The van der Waals surface area contributed by atoms with Crippen molar-refractivity contribution in [3.05, 3.63) is 392 Å². The van der Waals surface area contributed by atoms with Crippen LogP contribution in [0.5, 0.6) is 40.2 Å². The molecule has 26 heteroatoms. The van der Waals surface area contributed by atoms with Crippen molar-refractivity contribution in [2.24, 2.45) is 0 Å². The number of carboxylic acid groups (broad SMARTS) is 1. The number of hydrogen-bond acceptors (Lipinski definition) is 11. The summed E-state index contributed by atoms with van der Waals surface area (Å²) in [7, 11) is -1.34. The first-order valence-corrected chi connectivity index (χ1v) is 34.9. The highest BCUT2D eigenvalue weighted by Crippen LogP contribution is 2.41. The van der Waals surface area contributed by atoms with E-state index < -0.39 is 82.8 Å². The molecule has 574 valence electrons. The molecule has 0 radical (unpaired) electrons. The summed E-state index contributed by atoms with van der Waals surface area (Å²) >= 11 is 6.16. The molecule has 0 amide bonds. The Labute approximate surface area is 659 Å². The molecule has 0 aliphatic carbocycles. The van der Waals surface area contributed by atoms with Crippen LogP contribution < -0.4 is 19.7 Å². The highest BCUT2D eigenvalue weighted by Gasteiger charge is 2.21. The number of aromatic carboxylic acids is 1. The Morgan fingerprint density at radius 2 is 0.728 bits per heavy atom. The van der Waals surface area contributed by atoms with Crippen molar-refractivity contribution >= 4 is 91.2 Å². The van der Waals surface area contributed by atoms with Crippen LogP contribution in [0.3, 0.4) is 0 Å². The molecule has 1 aromatic heterocycles. The number of ether oxygens (including phenoxy) is 3. The number of benzene rings is 14. The van der Waals surface area contributed by atoms with Crippen molar-refractivity contribution in [1.82, 2.24) is 0 Å². The number of para-hydroxylation sites is 4. The molecule has 0 saturated carbocycles. The van der Waals surface area contributed by atoms with Crippen LogP contribution in [-0.2, 0) is 0 Å². The van der Waals surface area contributed by atoms with Gasteiger partial charge in [0, 0.05) is 107 Å². The van der Waals surface area contributed by atoms with Gasteiger partial charge >= 0.3 is 13.1 Å². The third kappa shape index (κ3) is 23.9. The van der Waals surface area contributed by atoms with Crippen LogP contribution in [-0.4, -0.2) is 52.2 Å². The fourth-order valence-corrected chi connectivity index (χ4v) is 11.4. The standard InChI is InChI=1S/C19H12F2O3.C19H12F2O2.C18H10F2O.C13H7BrF2O2.C7H4BrFO.C6H7BO2.C6H4F2O/c20-13-9-14(21)11-15(10-13)24-18-16(12-5-2-1-3-6-12)7-4-8-17(18)19(22)23;20-15-9-16(21)11-17(10-15)23-19-14(12-22)7-4-8-18(19)13-5-2-1-3-6-13;19-12-9-15(20)17-14-8-4-7-13(11-5-2-1-3-6-11)18(14)21-16(17)10-12;14-12-3-1-2-8(7-17)13(12)18-11-5-9(15)4-10(16)6-11;8-6-3-1-2-5(4-10)7(6)9;8-7(9)6-4-2-1-3-5-6;7-4-1-5(8)3-6(9)2-4/h1-11H,(H,22,23);1-12H;1-10H;1-7H;1-4H;1-5,8-9H;1-3,9H. The Bertz CT molecular complexity index is 5730. The van der Waals surface area contributed by atoms with Crippen LogP contribution in [0, 0.1) is 64.0 Å². The Morgan fingerprint density at radius 1 is 0.368 bits per heavy atom. The summed E-state index contributed by atoms with van der Waals surface area (Å²) in [5, 5.41) is 36.0. The van der Waals surface area contributed by atoms with E-state index in [1.54, 1.807) is 115 Å². The fraction of sp³-hybridized carbons (Fsp3) is 0. The van der Waals surface area contributed by atoms with Gasteiger partial charge in [-0.3, -0.25) is 14.4 Å². The lowest BCUT2D eigenvalue weighted by Gasteiger charge is -2.14. The van der Waals surface area contributed by atoms with E-state index in [-0.39, 0.29) is 56.8 Å². The SMILES string of the molecule is Fc1cc(F)c2c(c1)oc1c(-c3ccccc3)cccc12.O=C(O)c1cccc(-c2ccccc2)c1Oc1cc(F)cc(F)c1.O=Cc1cccc(-c2ccccc2)c1Oc1cc(F)cc(F)c1.O=Cc1cccc(Br)c1F.O=Cc1cccc(Br)c1Oc1cc(F)cc(F)c1.OB(O)c1ccccc1.Oc1cc(F)cc(F)c1.